The maximum absolute atomic E-state index is 12.0. The van der Waals surface area contributed by atoms with Crippen LogP contribution in [0.4, 0.5) is 6.01 Å². The van der Waals surface area contributed by atoms with Crippen LogP contribution in [0.25, 0.3) is 11.1 Å². The van der Waals surface area contributed by atoms with Gasteiger partial charge >= 0.3 is 0 Å². The van der Waals surface area contributed by atoms with Crippen LogP contribution in [-0.4, -0.2) is 37.8 Å². The second-order valence-corrected chi connectivity index (χ2v) is 8.23. The fourth-order valence-corrected chi connectivity index (χ4v) is 3.54. The molecule has 7 heteroatoms. The van der Waals surface area contributed by atoms with Crippen molar-refractivity contribution < 1.29 is 12.8 Å². The summed E-state index contributed by atoms with van der Waals surface area (Å²) < 4.78 is 32.6. The minimum atomic E-state index is -3.26. The zero-order valence-corrected chi connectivity index (χ0v) is 13.6. The Bertz CT molecular complexity index is 721. The molecule has 1 saturated heterocycles. The van der Waals surface area contributed by atoms with Gasteiger partial charge < -0.3 is 9.32 Å². The lowest BCUT2D eigenvalue weighted by atomic mass is 10.1. The normalized spacial score (nSPS) is 20.0. The van der Waals surface area contributed by atoms with Gasteiger partial charge in [-0.2, -0.15) is 4.98 Å². The molecule has 1 aromatic heterocycles. The van der Waals surface area contributed by atoms with E-state index in [0.29, 0.717) is 12.6 Å². The number of fused-ring (bicyclic) bond motifs is 1. The molecular formula is C15H21N3O3S. The number of para-hydroxylation sites is 2. The third-order valence-electron chi connectivity index (χ3n) is 3.93. The van der Waals surface area contributed by atoms with Crippen LogP contribution in [0.15, 0.2) is 28.7 Å². The molecule has 6 nitrogen and oxygen atoms in total. The number of benzene rings is 1. The molecule has 1 atom stereocenters. The standard InChI is InChI=1S/C15H21N3O3S/c1-11(2)22(19,20)17-12-6-5-9-18(10-12)15-16-13-7-3-4-8-14(13)21-15/h3-4,7-8,11-12,17H,5-6,9-10H2,1-2H3. The average molecular weight is 323 g/mol. The van der Waals surface area contributed by atoms with E-state index in [-0.39, 0.29) is 6.04 Å². The number of oxazole rings is 1. The Balaban J connectivity index is 1.75. The predicted octanol–water partition coefficient (Wildman–Crippen LogP) is 2.12. The zero-order valence-electron chi connectivity index (χ0n) is 12.8. The number of hydrogen-bond acceptors (Lipinski definition) is 5. The lowest BCUT2D eigenvalue weighted by Crippen LogP contribution is -2.49. The number of rotatable bonds is 4. The molecule has 0 amide bonds. The van der Waals surface area contributed by atoms with Crippen molar-refractivity contribution in [3.63, 3.8) is 0 Å². The van der Waals surface area contributed by atoms with Gasteiger partial charge in [0.25, 0.3) is 6.01 Å². The molecule has 2 aromatic rings. The summed E-state index contributed by atoms with van der Waals surface area (Å²) in [6, 6.07) is 8.09. The van der Waals surface area contributed by atoms with E-state index in [1.807, 2.05) is 29.2 Å². The molecule has 1 aliphatic rings. The van der Waals surface area contributed by atoms with E-state index < -0.39 is 15.3 Å². The van der Waals surface area contributed by atoms with Crippen molar-refractivity contribution in [1.29, 1.82) is 0 Å². The summed E-state index contributed by atoms with van der Waals surface area (Å²) in [6.07, 6.45) is 1.74. The summed E-state index contributed by atoms with van der Waals surface area (Å²) in [7, 11) is -3.26. The van der Waals surface area contributed by atoms with Gasteiger partial charge in [0.15, 0.2) is 5.58 Å². The average Bonchev–Trinajstić information content (AvgIpc) is 2.91. The van der Waals surface area contributed by atoms with Gasteiger partial charge in [0.1, 0.15) is 5.52 Å². The van der Waals surface area contributed by atoms with Gasteiger partial charge in [0, 0.05) is 19.1 Å². The van der Waals surface area contributed by atoms with E-state index in [4.69, 9.17) is 4.42 Å². The van der Waals surface area contributed by atoms with Crippen LogP contribution >= 0.6 is 0 Å². The molecule has 3 rings (SSSR count). The van der Waals surface area contributed by atoms with E-state index in [2.05, 4.69) is 9.71 Å². The van der Waals surface area contributed by atoms with Crippen LogP contribution in [-0.2, 0) is 10.0 Å². The van der Waals surface area contributed by atoms with Gasteiger partial charge in [-0.3, -0.25) is 0 Å². The molecule has 1 unspecified atom stereocenters. The Kier molecular flexibility index (Phi) is 4.10. The Hall–Kier alpha value is -1.60. The Morgan fingerprint density at radius 1 is 1.36 bits per heavy atom. The minimum Gasteiger partial charge on any atom is -0.423 e. The number of aromatic nitrogens is 1. The highest BCUT2D eigenvalue weighted by molar-refractivity contribution is 7.90. The van der Waals surface area contributed by atoms with Crippen LogP contribution in [0, 0.1) is 0 Å². The first-order chi connectivity index (χ1) is 10.5. The zero-order chi connectivity index (χ0) is 15.7. The van der Waals surface area contributed by atoms with Crippen molar-refractivity contribution >= 4 is 27.1 Å². The van der Waals surface area contributed by atoms with Gasteiger partial charge in [-0.15, -0.1) is 0 Å². The van der Waals surface area contributed by atoms with Crippen LogP contribution in [0.5, 0.6) is 0 Å². The topological polar surface area (TPSA) is 75.4 Å². The Labute approximate surface area is 130 Å². The number of nitrogens with one attached hydrogen (secondary N) is 1. The van der Waals surface area contributed by atoms with E-state index in [9.17, 15) is 8.42 Å². The summed E-state index contributed by atoms with van der Waals surface area (Å²) in [6.45, 7) is 4.78. The molecule has 1 N–H and O–H groups in total. The second kappa shape index (κ2) is 5.89. The van der Waals surface area contributed by atoms with E-state index in [1.165, 1.54) is 0 Å². The van der Waals surface area contributed by atoms with Crippen molar-refractivity contribution in [3.05, 3.63) is 24.3 Å². The molecule has 0 radical (unpaired) electrons. The number of anilines is 1. The van der Waals surface area contributed by atoms with Gasteiger partial charge in [0.2, 0.25) is 10.0 Å². The lowest BCUT2D eigenvalue weighted by molar-refractivity contribution is 0.439. The number of hydrogen-bond donors (Lipinski definition) is 1. The fraction of sp³-hybridized carbons (Fsp3) is 0.533. The third-order valence-corrected chi connectivity index (χ3v) is 5.83. The monoisotopic (exact) mass is 323 g/mol. The van der Waals surface area contributed by atoms with Crippen LogP contribution in [0.1, 0.15) is 26.7 Å². The maximum atomic E-state index is 12.0. The largest absolute Gasteiger partial charge is 0.423 e. The van der Waals surface area contributed by atoms with Crippen LogP contribution in [0.3, 0.4) is 0 Å². The van der Waals surface area contributed by atoms with E-state index >= 15 is 0 Å². The quantitative estimate of drug-likeness (QED) is 0.933. The van der Waals surface area contributed by atoms with Gasteiger partial charge in [-0.1, -0.05) is 12.1 Å². The Morgan fingerprint density at radius 3 is 2.86 bits per heavy atom. The van der Waals surface area contributed by atoms with Crippen molar-refractivity contribution in [2.24, 2.45) is 0 Å². The van der Waals surface area contributed by atoms with E-state index in [1.54, 1.807) is 13.8 Å². The smallest absolute Gasteiger partial charge is 0.298 e. The summed E-state index contributed by atoms with van der Waals surface area (Å²) >= 11 is 0. The lowest BCUT2D eigenvalue weighted by Gasteiger charge is -2.32. The third kappa shape index (κ3) is 3.10. The molecule has 2 heterocycles. The van der Waals surface area contributed by atoms with Crippen molar-refractivity contribution in [1.82, 2.24) is 9.71 Å². The summed E-state index contributed by atoms with van der Waals surface area (Å²) in [5.41, 5.74) is 1.57. The minimum absolute atomic E-state index is 0.101. The first kappa shape index (κ1) is 15.3. The van der Waals surface area contributed by atoms with Crippen molar-refractivity contribution in [3.8, 4) is 0 Å². The molecule has 120 valence electrons. The van der Waals surface area contributed by atoms with Gasteiger partial charge in [0.05, 0.1) is 5.25 Å². The van der Waals surface area contributed by atoms with Gasteiger partial charge in [-0.05, 0) is 38.8 Å². The van der Waals surface area contributed by atoms with Gasteiger partial charge in [-0.25, -0.2) is 13.1 Å². The Morgan fingerprint density at radius 2 is 2.14 bits per heavy atom. The van der Waals surface area contributed by atoms with Crippen LogP contribution < -0.4 is 9.62 Å². The number of sulfonamides is 1. The molecular weight excluding hydrogens is 302 g/mol. The van der Waals surface area contributed by atoms with Crippen molar-refractivity contribution in [2.45, 2.75) is 38.0 Å². The van der Waals surface area contributed by atoms with Crippen molar-refractivity contribution in [2.75, 3.05) is 18.0 Å². The molecule has 0 aliphatic carbocycles. The highest BCUT2D eigenvalue weighted by atomic mass is 32.2. The highest BCUT2D eigenvalue weighted by Gasteiger charge is 2.27. The maximum Gasteiger partial charge on any atom is 0.298 e. The van der Waals surface area contributed by atoms with Crippen LogP contribution in [0.2, 0.25) is 0 Å². The second-order valence-electron chi connectivity index (χ2n) is 5.96. The van der Waals surface area contributed by atoms with E-state index in [0.717, 1.165) is 30.5 Å². The first-order valence-corrected chi connectivity index (χ1v) is 9.12. The number of nitrogens with zero attached hydrogens (tertiary/aromatic N) is 2. The molecule has 0 saturated carbocycles. The predicted molar refractivity (Wildman–Crippen MR) is 86.4 cm³/mol. The summed E-state index contributed by atoms with van der Waals surface area (Å²) in [5.74, 6) is 0. The molecule has 1 fully saturated rings. The SMILES string of the molecule is CC(C)S(=O)(=O)NC1CCCN(c2nc3ccccc3o2)C1. The molecule has 0 spiro atoms. The molecule has 1 aromatic carbocycles. The summed E-state index contributed by atoms with van der Waals surface area (Å²) in [4.78, 5) is 6.50. The molecule has 1 aliphatic heterocycles. The number of piperidine rings is 1. The fourth-order valence-electron chi connectivity index (χ4n) is 2.61. The first-order valence-electron chi connectivity index (χ1n) is 7.57. The molecule has 22 heavy (non-hydrogen) atoms. The molecule has 0 bridgehead atoms. The highest BCUT2D eigenvalue weighted by Crippen LogP contribution is 2.24. The summed E-state index contributed by atoms with van der Waals surface area (Å²) in [5, 5.41) is -0.424.